The Balaban J connectivity index is 1.75. The van der Waals surface area contributed by atoms with Gasteiger partial charge in [-0.1, -0.05) is 42.5 Å². The molecule has 2 unspecified atom stereocenters. The van der Waals surface area contributed by atoms with Gasteiger partial charge in [-0.15, -0.1) is 13.2 Å². The molecule has 0 aromatic heterocycles. The first-order valence-electron chi connectivity index (χ1n) is 14.8. The Morgan fingerprint density at radius 2 is 1.90 bits per heavy atom. The number of unbranched alkanes of at least 4 members (excludes halogenated alkanes) is 2. The van der Waals surface area contributed by atoms with Crippen LogP contribution in [0.5, 0.6) is 0 Å². The second kappa shape index (κ2) is 12.1. The minimum absolute atomic E-state index is 0.254. The quantitative estimate of drug-likeness (QED) is 0.220. The fourth-order valence-electron chi connectivity index (χ4n) is 7.16. The first-order valence-corrected chi connectivity index (χ1v) is 14.8. The van der Waals surface area contributed by atoms with E-state index in [1.165, 1.54) is 4.90 Å². The van der Waals surface area contributed by atoms with Crippen LogP contribution in [-0.4, -0.2) is 81.3 Å². The summed E-state index contributed by atoms with van der Waals surface area (Å²) in [7, 11) is 0. The number of hydrogen-bond donors (Lipinski definition) is 1. The number of carbonyl (C=O) groups is 3. The molecule has 1 aromatic rings. The molecule has 1 aromatic carbocycles. The van der Waals surface area contributed by atoms with Crippen LogP contribution in [0.3, 0.4) is 0 Å². The Kier molecular flexibility index (Phi) is 9.14. The van der Waals surface area contributed by atoms with Gasteiger partial charge in [0.15, 0.2) is 0 Å². The molecule has 0 radical (unpaired) electrons. The summed E-state index contributed by atoms with van der Waals surface area (Å²) in [5, 5.41) is 10.6. The maximum atomic E-state index is 14.6. The predicted octanol–water partition coefficient (Wildman–Crippen LogP) is 4.07. The predicted molar refractivity (Wildman–Crippen MR) is 157 cm³/mol. The van der Waals surface area contributed by atoms with Crippen LogP contribution in [0.15, 0.2) is 55.6 Å². The fourth-order valence-corrected chi connectivity index (χ4v) is 7.16. The molecule has 3 aliphatic rings. The van der Waals surface area contributed by atoms with Gasteiger partial charge in [-0.3, -0.25) is 14.4 Å². The van der Waals surface area contributed by atoms with Gasteiger partial charge in [-0.05, 0) is 71.8 Å². The molecule has 3 fully saturated rings. The highest BCUT2D eigenvalue weighted by Gasteiger charge is 2.79. The molecule has 8 heteroatoms. The molecule has 1 spiro atoms. The van der Waals surface area contributed by atoms with Gasteiger partial charge in [0.1, 0.15) is 17.6 Å². The van der Waals surface area contributed by atoms with Gasteiger partial charge < -0.3 is 24.4 Å². The summed E-state index contributed by atoms with van der Waals surface area (Å²) in [6, 6.07) is 7.93. The first-order chi connectivity index (χ1) is 19.4. The maximum absolute atomic E-state index is 14.6. The molecule has 2 amide bonds. The molecule has 0 aliphatic carbocycles. The summed E-state index contributed by atoms with van der Waals surface area (Å²) >= 11 is 0. The van der Waals surface area contributed by atoms with E-state index in [9.17, 15) is 19.5 Å². The first kappa shape index (κ1) is 31.0. The van der Waals surface area contributed by atoms with Crippen LogP contribution in [0.2, 0.25) is 0 Å². The normalized spacial score (nSPS) is 29.2. The average molecular weight is 567 g/mol. The number of carbonyl (C=O) groups excluding carboxylic acids is 3. The summed E-state index contributed by atoms with van der Waals surface area (Å²) in [6.45, 7) is 15.5. The topological polar surface area (TPSA) is 96.4 Å². The van der Waals surface area contributed by atoms with E-state index in [2.05, 4.69) is 13.2 Å². The van der Waals surface area contributed by atoms with Crippen molar-refractivity contribution >= 4 is 17.8 Å². The van der Waals surface area contributed by atoms with Crippen molar-refractivity contribution < 1.29 is 29.0 Å². The number of fused-ring (bicyclic) bond motifs is 1. The van der Waals surface area contributed by atoms with E-state index in [1.54, 1.807) is 11.0 Å². The van der Waals surface area contributed by atoms with Gasteiger partial charge in [0.2, 0.25) is 11.8 Å². The second-order valence-electron chi connectivity index (χ2n) is 12.9. The second-order valence-corrected chi connectivity index (χ2v) is 12.9. The van der Waals surface area contributed by atoms with E-state index in [0.717, 1.165) is 18.4 Å². The third kappa shape index (κ3) is 5.61. The van der Waals surface area contributed by atoms with Crippen LogP contribution in [0.25, 0.3) is 0 Å². The largest absolute Gasteiger partial charge is 0.465 e. The summed E-state index contributed by atoms with van der Waals surface area (Å²) < 4.78 is 12.5. The third-order valence-corrected chi connectivity index (χ3v) is 9.06. The number of benzene rings is 1. The van der Waals surface area contributed by atoms with E-state index >= 15 is 0 Å². The lowest BCUT2D eigenvalue weighted by molar-refractivity contribution is -0.163. The van der Waals surface area contributed by atoms with Gasteiger partial charge >= 0.3 is 5.97 Å². The Morgan fingerprint density at radius 3 is 2.51 bits per heavy atom. The average Bonchev–Trinajstić information content (AvgIpc) is 3.50. The highest BCUT2D eigenvalue weighted by molar-refractivity contribution is 5.99. The van der Waals surface area contributed by atoms with Crippen molar-refractivity contribution in [3.63, 3.8) is 0 Å². The van der Waals surface area contributed by atoms with Gasteiger partial charge in [0.25, 0.3) is 0 Å². The molecule has 3 saturated heterocycles. The van der Waals surface area contributed by atoms with Crippen molar-refractivity contribution in [2.24, 2.45) is 11.8 Å². The van der Waals surface area contributed by atoms with E-state index < -0.39 is 46.6 Å². The summed E-state index contributed by atoms with van der Waals surface area (Å²) in [5.41, 5.74) is -1.73. The van der Waals surface area contributed by atoms with Crippen LogP contribution in [0.4, 0.5) is 0 Å². The molecule has 224 valence electrons. The van der Waals surface area contributed by atoms with Crippen LogP contribution < -0.4 is 0 Å². The Labute approximate surface area is 244 Å². The minimum atomic E-state index is -1.19. The molecule has 41 heavy (non-hydrogen) atoms. The molecule has 4 rings (SSSR count). The fraction of sp³-hybridized carbons (Fsp3) is 0.606. The van der Waals surface area contributed by atoms with Crippen molar-refractivity contribution in [2.45, 2.75) is 95.0 Å². The number of rotatable bonds is 13. The van der Waals surface area contributed by atoms with Crippen LogP contribution in [0, 0.1) is 11.8 Å². The highest BCUT2D eigenvalue weighted by atomic mass is 16.6. The van der Waals surface area contributed by atoms with Crippen molar-refractivity contribution in [2.75, 3.05) is 19.8 Å². The lowest BCUT2D eigenvalue weighted by atomic mass is 9.66. The smallest absolute Gasteiger partial charge is 0.312 e. The molecule has 3 heterocycles. The number of nitrogens with zero attached hydrogens (tertiary/aromatic N) is 2. The zero-order valence-corrected chi connectivity index (χ0v) is 25.0. The number of aliphatic hydroxyl groups is 1. The Morgan fingerprint density at radius 1 is 1.20 bits per heavy atom. The lowest BCUT2D eigenvalue weighted by Crippen LogP contribution is -2.62. The van der Waals surface area contributed by atoms with E-state index in [1.807, 2.05) is 64.1 Å². The molecule has 6 atom stereocenters. The maximum Gasteiger partial charge on any atom is 0.312 e. The third-order valence-electron chi connectivity index (χ3n) is 9.06. The van der Waals surface area contributed by atoms with E-state index in [0.29, 0.717) is 25.7 Å². The van der Waals surface area contributed by atoms with Gasteiger partial charge in [-0.25, -0.2) is 0 Å². The van der Waals surface area contributed by atoms with E-state index in [4.69, 9.17) is 9.47 Å². The minimum Gasteiger partial charge on any atom is -0.465 e. The van der Waals surface area contributed by atoms with Gasteiger partial charge in [-0.2, -0.15) is 0 Å². The molecule has 8 nitrogen and oxygen atoms in total. The lowest BCUT2D eigenvalue weighted by Gasteiger charge is -2.43. The molecular formula is C33H46N2O6. The van der Waals surface area contributed by atoms with Crippen LogP contribution in [-0.2, 0) is 30.3 Å². The van der Waals surface area contributed by atoms with E-state index in [-0.39, 0.29) is 31.6 Å². The van der Waals surface area contributed by atoms with Crippen molar-refractivity contribution in [1.82, 2.24) is 9.80 Å². The van der Waals surface area contributed by atoms with Crippen LogP contribution in [0.1, 0.15) is 65.4 Å². The van der Waals surface area contributed by atoms with Crippen molar-refractivity contribution in [1.29, 1.82) is 0 Å². The van der Waals surface area contributed by atoms with Gasteiger partial charge in [0, 0.05) is 12.1 Å². The number of likely N-dealkylation sites (tertiary alicyclic amines) is 1. The zero-order valence-electron chi connectivity index (χ0n) is 25.0. The number of esters is 1. The number of allylic oxidation sites excluding steroid dienone is 1. The van der Waals surface area contributed by atoms with Crippen molar-refractivity contribution in [3.8, 4) is 0 Å². The van der Waals surface area contributed by atoms with Gasteiger partial charge in [0.05, 0.1) is 30.8 Å². The summed E-state index contributed by atoms with van der Waals surface area (Å²) in [5.74, 6) is -2.75. The molecule has 0 saturated carbocycles. The summed E-state index contributed by atoms with van der Waals surface area (Å²) in [6.07, 6.45) is 7.26. The SMILES string of the molecule is C=CCCCCOC(=O)[C@@H]1[C@H]2C(=O)N([C@@H](CO)Cc3ccccc3)C(C(=O)N(CC=C)C(C)(C)C)C23CC[C@@]1(C)O3. The number of hydrogen-bond acceptors (Lipinski definition) is 6. The molecule has 1 N–H and O–H groups in total. The Hall–Kier alpha value is -2.97. The molecular weight excluding hydrogens is 520 g/mol. The number of ether oxygens (including phenoxy) is 2. The summed E-state index contributed by atoms with van der Waals surface area (Å²) in [4.78, 5) is 46.0. The Bertz CT molecular complexity index is 1150. The monoisotopic (exact) mass is 566 g/mol. The van der Waals surface area contributed by atoms with Crippen molar-refractivity contribution in [3.05, 3.63) is 61.2 Å². The molecule has 2 bridgehead atoms. The standard InChI is InChI=1S/C33H46N2O6/c1-7-9-10-14-20-40-30(39)26-25-28(37)35(24(22-36)21-23-15-12-11-13-16-23)27(33(25)18-17-32(26,6)41-33)29(38)34(19-8-2)31(3,4)5/h7-8,11-13,15-16,24-27,36H,1-2,9-10,14,17-22H2,3-6H3/t24-,25+,26+,27?,32-,33?/m1/s1. The highest BCUT2D eigenvalue weighted by Crippen LogP contribution is 2.64. The van der Waals surface area contributed by atoms with Crippen LogP contribution >= 0.6 is 0 Å². The molecule has 3 aliphatic heterocycles. The number of aliphatic hydroxyl groups excluding tert-OH is 1. The zero-order chi connectivity index (χ0) is 30.0. The number of amides is 2.